The molecular formula is C62H80N10+2. The van der Waals surface area contributed by atoms with Crippen LogP contribution in [0.1, 0.15) is 130 Å². The van der Waals surface area contributed by atoms with E-state index >= 15 is 0 Å². The molecule has 0 unspecified atom stereocenters. The number of allylic oxidation sites excluding steroid dienone is 4. The van der Waals surface area contributed by atoms with Gasteiger partial charge in [-0.3, -0.25) is 0 Å². The van der Waals surface area contributed by atoms with E-state index in [0.29, 0.717) is 25.7 Å². The van der Waals surface area contributed by atoms with Crippen LogP contribution >= 0.6 is 0 Å². The van der Waals surface area contributed by atoms with Gasteiger partial charge in [-0.05, 0) is 99.9 Å². The summed E-state index contributed by atoms with van der Waals surface area (Å²) in [6, 6.07) is 44.9. The highest BCUT2D eigenvalue weighted by Crippen LogP contribution is 2.31. The molecule has 0 atom stereocenters. The third-order valence-electron chi connectivity index (χ3n) is 13.3. The Morgan fingerprint density at radius 1 is 0.306 bits per heavy atom. The van der Waals surface area contributed by atoms with Crippen molar-refractivity contribution in [3.05, 3.63) is 121 Å². The Balaban J connectivity index is 1.63. The van der Waals surface area contributed by atoms with Crippen LogP contribution in [-0.4, -0.2) is 63.8 Å². The van der Waals surface area contributed by atoms with Crippen LogP contribution in [0.5, 0.6) is 0 Å². The zero-order chi connectivity index (χ0) is 51.2. The smallest absolute Gasteiger partial charge is 0.212 e. The minimum atomic E-state index is 0.548. The summed E-state index contributed by atoms with van der Waals surface area (Å²) in [6.07, 6.45) is 23.3. The first-order valence-electron chi connectivity index (χ1n) is 27.0. The molecule has 1 aliphatic carbocycles. The first-order valence-corrected chi connectivity index (χ1v) is 27.0. The maximum atomic E-state index is 9.29. The quantitative estimate of drug-likeness (QED) is 0.0270. The average molecular weight is 965 g/mol. The molecule has 376 valence electrons. The van der Waals surface area contributed by atoms with E-state index in [1.54, 1.807) is 0 Å². The van der Waals surface area contributed by atoms with Gasteiger partial charge in [-0.2, -0.15) is 30.2 Å². The Labute approximate surface area is 433 Å². The summed E-state index contributed by atoms with van der Waals surface area (Å²) >= 11 is 0. The highest BCUT2D eigenvalue weighted by molar-refractivity contribution is 6.20. The molecule has 0 heterocycles. The van der Waals surface area contributed by atoms with E-state index in [-0.39, 0.29) is 0 Å². The lowest BCUT2D eigenvalue weighted by Gasteiger charge is -2.25. The van der Waals surface area contributed by atoms with Gasteiger partial charge in [-0.25, -0.2) is 0 Å². The van der Waals surface area contributed by atoms with Gasteiger partial charge in [0.25, 0.3) is 0 Å². The second-order valence-corrected chi connectivity index (χ2v) is 18.7. The van der Waals surface area contributed by atoms with Crippen LogP contribution in [-0.2, 0) is 0 Å². The fourth-order valence-corrected chi connectivity index (χ4v) is 9.17. The van der Waals surface area contributed by atoms with Gasteiger partial charge in [0.05, 0.1) is 24.3 Å². The zero-order valence-corrected chi connectivity index (χ0v) is 44.0. The van der Waals surface area contributed by atoms with Gasteiger partial charge in [-0.15, -0.1) is 0 Å². The van der Waals surface area contributed by atoms with Crippen LogP contribution in [0.2, 0.25) is 0 Å². The number of anilines is 4. The molecular weight excluding hydrogens is 885 g/mol. The monoisotopic (exact) mass is 965 g/mol. The number of nitriles is 4. The molecule has 0 aromatic heterocycles. The summed E-state index contributed by atoms with van der Waals surface area (Å²) in [5, 5.41) is 37.2. The van der Waals surface area contributed by atoms with Crippen LogP contribution in [0.15, 0.2) is 121 Å². The molecule has 0 saturated heterocycles. The van der Waals surface area contributed by atoms with E-state index in [1.165, 1.54) is 22.7 Å². The molecule has 0 spiro atoms. The molecule has 1 aliphatic rings. The van der Waals surface area contributed by atoms with Crippen LogP contribution in [0, 0.1) is 45.3 Å². The minimum Gasteiger partial charge on any atom is -0.371 e. The van der Waals surface area contributed by atoms with Crippen LogP contribution in [0.4, 0.5) is 45.5 Å². The average Bonchev–Trinajstić information content (AvgIpc) is 3.42. The van der Waals surface area contributed by atoms with Crippen molar-refractivity contribution in [3.8, 4) is 24.3 Å². The molecule has 0 amide bonds. The lowest BCUT2D eigenvalue weighted by molar-refractivity contribution is 0.691. The fraction of sp³-hybridized carbons (Fsp3) is 0.452. The summed E-state index contributed by atoms with van der Waals surface area (Å²) in [4.78, 5) is 9.66. The van der Waals surface area contributed by atoms with E-state index in [1.807, 2.05) is 0 Å². The van der Waals surface area contributed by atoms with E-state index in [9.17, 15) is 21.0 Å². The van der Waals surface area contributed by atoms with Gasteiger partial charge < -0.3 is 19.6 Å². The Hall–Kier alpha value is -7.14. The third-order valence-corrected chi connectivity index (χ3v) is 13.3. The van der Waals surface area contributed by atoms with Gasteiger partial charge in [0.2, 0.25) is 34.2 Å². The molecule has 0 aliphatic heterocycles. The number of unbranched alkanes of at least 4 members (excludes halogenated alkanes) is 8. The molecule has 5 rings (SSSR count). The van der Waals surface area contributed by atoms with Crippen molar-refractivity contribution >= 4 is 56.9 Å². The Morgan fingerprint density at radius 2 is 0.500 bits per heavy atom. The largest absolute Gasteiger partial charge is 0.371 e. The zero-order valence-electron chi connectivity index (χ0n) is 44.0. The molecule has 4 aromatic rings. The summed E-state index contributed by atoms with van der Waals surface area (Å²) < 4.78 is 4.66. The van der Waals surface area contributed by atoms with Gasteiger partial charge in [0.15, 0.2) is 0 Å². The van der Waals surface area contributed by atoms with Crippen LogP contribution in [0.3, 0.4) is 0 Å². The van der Waals surface area contributed by atoms with Crippen molar-refractivity contribution in [2.24, 2.45) is 0 Å². The van der Waals surface area contributed by atoms with Crippen molar-refractivity contribution in [3.63, 3.8) is 0 Å². The standard InChI is InChI=1S/C62H80N10/c1-5-9-45-67(49-17-13-41-63)53-21-29-57(30-22-53)71(58-31-23-54(24-32-58)68(46-10-6-2)50-18-14-42-64)61-37-39-62(40-38-61)72(59-33-25-55(26-34-59)69(47-11-7-3)51-19-15-43-65)60-35-27-56(28-36-60)70(48-12-8-4)52-20-16-44-66/h21-40H,5-20,45-52H2,1-4H3/q+2. The van der Waals surface area contributed by atoms with Crippen molar-refractivity contribution in [1.82, 2.24) is 9.15 Å². The van der Waals surface area contributed by atoms with Crippen molar-refractivity contribution in [1.29, 1.82) is 21.0 Å². The summed E-state index contributed by atoms with van der Waals surface area (Å²) in [6.45, 7) is 16.1. The molecule has 0 saturated carbocycles. The predicted octanol–water partition coefficient (Wildman–Crippen LogP) is 14.7. The molecule has 10 nitrogen and oxygen atoms in total. The Morgan fingerprint density at radius 3 is 0.681 bits per heavy atom. The van der Waals surface area contributed by atoms with Crippen LogP contribution < -0.4 is 28.8 Å². The number of hydrogen-bond donors (Lipinski definition) is 0. The third kappa shape index (κ3) is 17.0. The maximum Gasteiger partial charge on any atom is 0.212 e. The highest BCUT2D eigenvalue weighted by atomic mass is 15.1. The van der Waals surface area contributed by atoms with Gasteiger partial charge in [0.1, 0.15) is 0 Å². The SMILES string of the molecule is CCCCN(CCCC#N)c1ccc([N+](=C2C=CC(=[N+](c3ccc(N(CCCC)CCCC#N)cc3)c3ccc(N(CCCC)CCCC#N)cc3)C=C2)c2ccc(N(CCCC)CCCC#N)cc2)cc1. The summed E-state index contributed by atoms with van der Waals surface area (Å²) in [5.74, 6) is 0. The molecule has 72 heavy (non-hydrogen) atoms. The summed E-state index contributed by atoms with van der Waals surface area (Å²) in [5.41, 5.74) is 10.9. The van der Waals surface area contributed by atoms with E-state index < -0.39 is 0 Å². The lowest BCUT2D eigenvalue weighted by Crippen LogP contribution is -2.26. The molecule has 10 heteroatoms. The van der Waals surface area contributed by atoms with Gasteiger partial charge in [0, 0.05) is 174 Å². The lowest BCUT2D eigenvalue weighted by atomic mass is 10.1. The normalized spacial score (nSPS) is 11.6. The second-order valence-electron chi connectivity index (χ2n) is 18.7. The molecule has 4 aromatic carbocycles. The van der Waals surface area contributed by atoms with Gasteiger partial charge >= 0.3 is 0 Å². The maximum absolute atomic E-state index is 9.29. The van der Waals surface area contributed by atoms with Crippen molar-refractivity contribution in [2.45, 2.75) is 130 Å². The van der Waals surface area contributed by atoms with Crippen molar-refractivity contribution in [2.75, 3.05) is 72.0 Å². The van der Waals surface area contributed by atoms with E-state index in [0.717, 1.165) is 164 Å². The molecule has 0 radical (unpaired) electrons. The number of benzene rings is 4. The minimum absolute atomic E-state index is 0.548. The molecule has 0 fully saturated rings. The van der Waals surface area contributed by atoms with Crippen molar-refractivity contribution < 1.29 is 0 Å². The number of rotatable bonds is 32. The van der Waals surface area contributed by atoms with E-state index in [4.69, 9.17) is 0 Å². The number of nitrogens with zero attached hydrogens (tertiary/aromatic N) is 10. The van der Waals surface area contributed by atoms with Gasteiger partial charge in [-0.1, -0.05) is 53.4 Å². The molecule has 0 N–H and O–H groups in total. The van der Waals surface area contributed by atoms with E-state index in [2.05, 4.69) is 202 Å². The highest BCUT2D eigenvalue weighted by Gasteiger charge is 2.25. The summed E-state index contributed by atoms with van der Waals surface area (Å²) in [7, 11) is 0. The topological polar surface area (TPSA) is 114 Å². The molecule has 0 bridgehead atoms. The second kappa shape index (κ2) is 32.0. The van der Waals surface area contributed by atoms with Crippen LogP contribution in [0.25, 0.3) is 0 Å². The fourth-order valence-electron chi connectivity index (χ4n) is 9.17. The Bertz CT molecular complexity index is 2180. The number of hydrogen-bond acceptors (Lipinski definition) is 8. The Kier molecular flexibility index (Phi) is 24.8. The predicted molar refractivity (Wildman–Crippen MR) is 305 cm³/mol. The first-order chi connectivity index (χ1) is 35.4. The first kappa shape index (κ1) is 55.8.